The van der Waals surface area contributed by atoms with Crippen LogP contribution < -0.4 is 4.74 Å². The van der Waals surface area contributed by atoms with Gasteiger partial charge in [-0.3, -0.25) is 0 Å². The van der Waals surface area contributed by atoms with Gasteiger partial charge in [-0.2, -0.15) is 0 Å². The van der Waals surface area contributed by atoms with E-state index in [4.69, 9.17) is 14.3 Å². The number of carbonyl (C=O) groups is 1. The van der Waals surface area contributed by atoms with E-state index in [-0.39, 0.29) is 5.76 Å². The molecule has 0 bridgehead atoms. The number of ether oxygens (including phenoxy) is 1. The molecule has 0 saturated carbocycles. The molecule has 2 rings (SSSR count). The van der Waals surface area contributed by atoms with Gasteiger partial charge in [0.1, 0.15) is 5.58 Å². The third kappa shape index (κ3) is 1.62. The Morgan fingerprint density at radius 2 is 2.25 bits per heavy atom. The van der Waals surface area contributed by atoms with Crippen molar-refractivity contribution in [2.24, 2.45) is 0 Å². The number of hydrogen-bond donors (Lipinski definition) is 1. The highest BCUT2D eigenvalue weighted by molar-refractivity contribution is 5.98. The maximum atomic E-state index is 11.0. The molecule has 1 aromatic heterocycles. The molecule has 0 aliphatic heterocycles. The lowest BCUT2D eigenvalue weighted by Crippen LogP contribution is -1.99. The van der Waals surface area contributed by atoms with Crippen LogP contribution in [0.2, 0.25) is 0 Å². The van der Waals surface area contributed by atoms with Crippen LogP contribution in [-0.4, -0.2) is 17.7 Å². The third-order valence-electron chi connectivity index (χ3n) is 2.28. The molecule has 0 spiro atoms. The molecule has 84 valence electrons. The van der Waals surface area contributed by atoms with Crippen molar-refractivity contribution >= 4 is 16.9 Å². The average Bonchev–Trinajstić information content (AvgIpc) is 2.58. The van der Waals surface area contributed by atoms with E-state index in [1.807, 2.05) is 19.1 Å². The number of carboxylic acids is 1. The van der Waals surface area contributed by atoms with E-state index >= 15 is 0 Å². The topological polar surface area (TPSA) is 59.7 Å². The monoisotopic (exact) mass is 220 g/mol. The molecule has 1 N–H and O–H groups in total. The van der Waals surface area contributed by atoms with Gasteiger partial charge in [-0.05, 0) is 26.0 Å². The molecule has 0 amide bonds. The van der Waals surface area contributed by atoms with Crippen LogP contribution >= 0.6 is 0 Å². The summed E-state index contributed by atoms with van der Waals surface area (Å²) in [7, 11) is 0. The van der Waals surface area contributed by atoms with Crippen molar-refractivity contribution in [2.45, 2.75) is 13.8 Å². The van der Waals surface area contributed by atoms with Crippen LogP contribution in [0.25, 0.3) is 11.0 Å². The van der Waals surface area contributed by atoms with Gasteiger partial charge in [0, 0.05) is 0 Å². The second-order valence-electron chi connectivity index (χ2n) is 3.50. The summed E-state index contributed by atoms with van der Waals surface area (Å²) < 4.78 is 10.6. The molecule has 16 heavy (non-hydrogen) atoms. The molecule has 0 unspecified atom stereocenters. The van der Waals surface area contributed by atoms with Gasteiger partial charge in [-0.15, -0.1) is 0 Å². The second-order valence-corrected chi connectivity index (χ2v) is 3.50. The Bertz CT molecular complexity index is 539. The van der Waals surface area contributed by atoms with Crippen LogP contribution in [0.15, 0.2) is 22.6 Å². The molecule has 4 nitrogen and oxygen atoms in total. The van der Waals surface area contributed by atoms with Crippen LogP contribution in [-0.2, 0) is 0 Å². The molecule has 1 aromatic carbocycles. The number of carboxylic acid groups (broad SMARTS) is 1. The van der Waals surface area contributed by atoms with Gasteiger partial charge in [0.05, 0.1) is 12.0 Å². The fourth-order valence-corrected chi connectivity index (χ4v) is 1.62. The summed E-state index contributed by atoms with van der Waals surface area (Å²) in [6, 6.07) is 5.48. The molecule has 2 aromatic rings. The molecular weight excluding hydrogens is 208 g/mol. The van der Waals surface area contributed by atoms with Crippen LogP contribution in [0, 0.1) is 6.92 Å². The lowest BCUT2D eigenvalue weighted by atomic mass is 10.1. The van der Waals surface area contributed by atoms with Crippen molar-refractivity contribution in [1.82, 2.24) is 0 Å². The van der Waals surface area contributed by atoms with Gasteiger partial charge in [0.25, 0.3) is 5.76 Å². The van der Waals surface area contributed by atoms with E-state index in [0.29, 0.717) is 23.3 Å². The molecule has 0 aliphatic rings. The lowest BCUT2D eigenvalue weighted by Gasteiger charge is -2.00. The standard InChI is InChI=1S/C12H12O4/c1-3-15-10-8-6-7(2)4-5-9(8)16-11(10)12(13)14/h4-6H,3H2,1-2H3,(H,13,14). The number of benzene rings is 1. The van der Waals surface area contributed by atoms with E-state index < -0.39 is 5.97 Å². The summed E-state index contributed by atoms with van der Waals surface area (Å²) >= 11 is 0. The second kappa shape index (κ2) is 3.89. The van der Waals surface area contributed by atoms with E-state index in [1.165, 1.54) is 0 Å². The van der Waals surface area contributed by atoms with Gasteiger partial charge in [-0.1, -0.05) is 11.6 Å². The summed E-state index contributed by atoms with van der Waals surface area (Å²) in [5.74, 6) is -0.937. The van der Waals surface area contributed by atoms with Crippen molar-refractivity contribution in [3.8, 4) is 5.75 Å². The number of hydrogen-bond acceptors (Lipinski definition) is 3. The molecular formula is C12H12O4. The van der Waals surface area contributed by atoms with Crippen molar-refractivity contribution in [3.05, 3.63) is 29.5 Å². The molecule has 0 fully saturated rings. The number of furan rings is 1. The zero-order chi connectivity index (χ0) is 11.7. The first-order valence-corrected chi connectivity index (χ1v) is 5.02. The minimum atomic E-state index is -1.11. The number of aromatic carboxylic acids is 1. The van der Waals surface area contributed by atoms with Crippen LogP contribution in [0.4, 0.5) is 0 Å². The van der Waals surface area contributed by atoms with Crippen LogP contribution in [0.3, 0.4) is 0 Å². The predicted octanol–water partition coefficient (Wildman–Crippen LogP) is 2.84. The molecule has 0 radical (unpaired) electrons. The smallest absolute Gasteiger partial charge is 0.375 e. The number of rotatable bonds is 3. The van der Waals surface area contributed by atoms with Crippen LogP contribution in [0.1, 0.15) is 23.0 Å². The highest BCUT2D eigenvalue weighted by Gasteiger charge is 2.21. The third-order valence-corrected chi connectivity index (χ3v) is 2.28. The zero-order valence-electron chi connectivity index (χ0n) is 9.11. The van der Waals surface area contributed by atoms with E-state index in [2.05, 4.69) is 0 Å². The largest absolute Gasteiger partial charge is 0.489 e. The van der Waals surface area contributed by atoms with Gasteiger partial charge in [-0.25, -0.2) is 4.79 Å². The Kier molecular flexibility index (Phi) is 2.56. The van der Waals surface area contributed by atoms with Crippen molar-refractivity contribution < 1.29 is 19.1 Å². The summed E-state index contributed by atoms with van der Waals surface area (Å²) in [6.45, 7) is 4.14. The Labute approximate surface area is 92.4 Å². The molecule has 0 atom stereocenters. The average molecular weight is 220 g/mol. The highest BCUT2D eigenvalue weighted by atomic mass is 16.5. The Balaban J connectivity index is 2.71. The van der Waals surface area contributed by atoms with Gasteiger partial charge in [0.2, 0.25) is 0 Å². The van der Waals surface area contributed by atoms with Crippen molar-refractivity contribution in [2.75, 3.05) is 6.61 Å². The zero-order valence-corrected chi connectivity index (χ0v) is 9.11. The normalized spacial score (nSPS) is 10.6. The van der Waals surface area contributed by atoms with E-state index in [0.717, 1.165) is 5.56 Å². The minimum Gasteiger partial charge on any atom is -0.489 e. The lowest BCUT2D eigenvalue weighted by molar-refractivity contribution is 0.0659. The maximum Gasteiger partial charge on any atom is 0.375 e. The van der Waals surface area contributed by atoms with Crippen LogP contribution in [0.5, 0.6) is 5.75 Å². The Hall–Kier alpha value is -1.97. The van der Waals surface area contributed by atoms with Crippen molar-refractivity contribution in [3.63, 3.8) is 0 Å². The summed E-state index contributed by atoms with van der Waals surface area (Å²) in [5, 5.41) is 9.70. The molecule has 0 aliphatic carbocycles. The molecule has 1 heterocycles. The minimum absolute atomic E-state index is 0.137. The van der Waals surface area contributed by atoms with Crippen molar-refractivity contribution in [1.29, 1.82) is 0 Å². The van der Waals surface area contributed by atoms with Gasteiger partial charge >= 0.3 is 5.97 Å². The first kappa shape index (κ1) is 10.5. The highest BCUT2D eigenvalue weighted by Crippen LogP contribution is 2.33. The van der Waals surface area contributed by atoms with E-state index in [1.54, 1.807) is 13.0 Å². The fraction of sp³-hybridized carbons (Fsp3) is 0.250. The molecule has 4 heteroatoms. The van der Waals surface area contributed by atoms with Gasteiger partial charge in [0.15, 0.2) is 5.75 Å². The summed E-state index contributed by atoms with van der Waals surface area (Å²) in [4.78, 5) is 11.0. The maximum absolute atomic E-state index is 11.0. The van der Waals surface area contributed by atoms with E-state index in [9.17, 15) is 4.79 Å². The van der Waals surface area contributed by atoms with Gasteiger partial charge < -0.3 is 14.3 Å². The Morgan fingerprint density at radius 3 is 2.88 bits per heavy atom. The first-order valence-electron chi connectivity index (χ1n) is 5.02. The summed E-state index contributed by atoms with van der Waals surface area (Å²) in [6.07, 6.45) is 0. The number of fused-ring (bicyclic) bond motifs is 1. The Morgan fingerprint density at radius 1 is 1.50 bits per heavy atom. The molecule has 0 saturated heterocycles. The number of aryl methyl sites for hydroxylation is 1. The SMILES string of the molecule is CCOc1c(C(=O)O)oc2ccc(C)cc12. The predicted molar refractivity (Wildman–Crippen MR) is 59.1 cm³/mol. The first-order chi connectivity index (χ1) is 7.63. The quantitative estimate of drug-likeness (QED) is 0.863. The summed E-state index contributed by atoms with van der Waals surface area (Å²) in [5.41, 5.74) is 1.57. The fourth-order valence-electron chi connectivity index (χ4n) is 1.62.